The van der Waals surface area contributed by atoms with E-state index < -0.39 is 45.8 Å². The van der Waals surface area contributed by atoms with Gasteiger partial charge in [-0.25, -0.2) is 22.0 Å². The largest absolute Gasteiger partial charge is 0.362 e. The molecule has 10 heteroatoms. The molecule has 3 nitrogen and oxygen atoms in total. The summed E-state index contributed by atoms with van der Waals surface area (Å²) in [6.45, 7) is 1.74. The van der Waals surface area contributed by atoms with E-state index in [2.05, 4.69) is 4.90 Å². The topological polar surface area (TPSA) is 50.8 Å². The van der Waals surface area contributed by atoms with Crippen molar-refractivity contribution in [3.05, 3.63) is 63.3 Å². The van der Waals surface area contributed by atoms with Crippen molar-refractivity contribution in [1.29, 1.82) is 10.5 Å². The second-order valence-corrected chi connectivity index (χ2v) is 8.38. The van der Waals surface area contributed by atoms with E-state index in [1.165, 1.54) is 29.6 Å². The van der Waals surface area contributed by atoms with Gasteiger partial charge >= 0.3 is 0 Å². The van der Waals surface area contributed by atoms with Crippen LogP contribution in [0.2, 0.25) is 0 Å². The van der Waals surface area contributed by atoms with Crippen LogP contribution in [0.3, 0.4) is 0 Å². The molecule has 1 saturated heterocycles. The van der Waals surface area contributed by atoms with Gasteiger partial charge < -0.3 is 4.90 Å². The van der Waals surface area contributed by atoms with Crippen molar-refractivity contribution in [1.82, 2.24) is 0 Å². The monoisotopic (exact) mass is 453 g/mol. The van der Waals surface area contributed by atoms with Crippen molar-refractivity contribution in [3.8, 4) is 12.1 Å². The molecule has 0 N–H and O–H groups in total. The predicted molar refractivity (Wildman–Crippen MR) is 107 cm³/mol. The average Bonchev–Trinajstić information content (AvgIpc) is 3.25. The van der Waals surface area contributed by atoms with Gasteiger partial charge in [-0.2, -0.15) is 22.3 Å². The lowest BCUT2D eigenvalue weighted by Gasteiger charge is -2.26. The van der Waals surface area contributed by atoms with E-state index in [0.29, 0.717) is 4.88 Å². The van der Waals surface area contributed by atoms with Gasteiger partial charge in [-0.15, -0.1) is 11.3 Å². The number of thioether (sulfide) groups is 1. The van der Waals surface area contributed by atoms with Crippen LogP contribution in [0, 0.1) is 51.7 Å². The van der Waals surface area contributed by atoms with Crippen molar-refractivity contribution in [2.45, 2.75) is 0 Å². The van der Waals surface area contributed by atoms with Gasteiger partial charge in [0.1, 0.15) is 17.7 Å². The highest BCUT2D eigenvalue weighted by Crippen LogP contribution is 2.33. The predicted octanol–water partition coefficient (Wildman–Crippen LogP) is 5.51. The summed E-state index contributed by atoms with van der Waals surface area (Å²) in [6.07, 6.45) is 2.39. The number of nitriles is 2. The summed E-state index contributed by atoms with van der Waals surface area (Å²) in [7, 11) is 0. The Bertz CT molecular complexity index is 1070. The smallest absolute Gasteiger partial charge is 0.200 e. The number of allylic oxidation sites excluding steroid dienone is 3. The van der Waals surface area contributed by atoms with Crippen LogP contribution < -0.4 is 4.90 Å². The first-order valence-corrected chi connectivity index (χ1v) is 10.5. The number of rotatable bonds is 4. The van der Waals surface area contributed by atoms with Gasteiger partial charge in [-0.1, -0.05) is 6.08 Å². The Kier molecular flexibility index (Phi) is 6.80. The van der Waals surface area contributed by atoms with Crippen molar-refractivity contribution < 1.29 is 22.0 Å². The molecule has 0 bridgehead atoms. The molecule has 0 atom stereocenters. The minimum atomic E-state index is -2.31. The highest BCUT2D eigenvalue weighted by atomic mass is 32.2. The number of hydrogen-bond acceptors (Lipinski definition) is 5. The van der Waals surface area contributed by atoms with Crippen LogP contribution in [0.5, 0.6) is 0 Å². The van der Waals surface area contributed by atoms with E-state index >= 15 is 0 Å². The first-order chi connectivity index (χ1) is 14.4. The van der Waals surface area contributed by atoms with Gasteiger partial charge in [-0.05, 0) is 18.2 Å². The molecule has 2 aromatic rings. The van der Waals surface area contributed by atoms with Gasteiger partial charge in [-0.3, -0.25) is 0 Å². The highest BCUT2D eigenvalue weighted by molar-refractivity contribution is 7.99. The van der Waals surface area contributed by atoms with Crippen molar-refractivity contribution >= 4 is 39.7 Å². The fraction of sp³-hybridized carbons (Fsp3) is 0.200. The fourth-order valence-corrected chi connectivity index (χ4v) is 4.69. The molecule has 1 fully saturated rings. The summed E-state index contributed by atoms with van der Waals surface area (Å²) in [4.78, 5) is 2.80. The molecule has 1 aromatic carbocycles. The second-order valence-electron chi connectivity index (χ2n) is 6.07. The maximum absolute atomic E-state index is 14.2. The Morgan fingerprint density at radius 3 is 2.03 bits per heavy atom. The number of anilines is 1. The molecular formula is C20H12F5N3S2. The minimum Gasteiger partial charge on any atom is -0.362 e. The summed E-state index contributed by atoms with van der Waals surface area (Å²) in [5.74, 6) is -8.83. The summed E-state index contributed by atoms with van der Waals surface area (Å²) in [6, 6.07) is 6.47. The quantitative estimate of drug-likeness (QED) is 0.201. The molecule has 0 aliphatic carbocycles. The summed E-state index contributed by atoms with van der Waals surface area (Å²) in [5, 5.41) is 19.2. The number of thiophene rings is 1. The van der Waals surface area contributed by atoms with Gasteiger partial charge in [0.2, 0.25) is 5.82 Å². The molecule has 154 valence electrons. The molecule has 0 spiro atoms. The Hall–Kier alpha value is -2.82. The van der Waals surface area contributed by atoms with Crippen LogP contribution in [0.1, 0.15) is 10.4 Å². The highest BCUT2D eigenvalue weighted by Gasteiger charge is 2.28. The lowest BCUT2D eigenvalue weighted by Crippen LogP contribution is -2.31. The van der Waals surface area contributed by atoms with Gasteiger partial charge in [0.25, 0.3) is 0 Å². The molecule has 0 unspecified atom stereocenters. The first kappa shape index (κ1) is 21.9. The Labute approximate surface area is 177 Å². The third-order valence-corrected chi connectivity index (χ3v) is 6.38. The maximum atomic E-state index is 14.2. The van der Waals surface area contributed by atoms with Crippen LogP contribution in [0.15, 0.2) is 23.8 Å². The Balaban J connectivity index is 2.05. The van der Waals surface area contributed by atoms with Crippen molar-refractivity contribution in [2.24, 2.45) is 0 Å². The fourth-order valence-electron chi connectivity index (χ4n) is 2.83. The van der Waals surface area contributed by atoms with Crippen LogP contribution in [-0.2, 0) is 0 Å². The Morgan fingerprint density at radius 2 is 1.47 bits per heavy atom. The average molecular weight is 453 g/mol. The van der Waals surface area contributed by atoms with Gasteiger partial charge in [0.05, 0.1) is 10.6 Å². The lowest BCUT2D eigenvalue weighted by molar-refractivity contribution is 0.376. The molecule has 1 aromatic heterocycles. The molecule has 2 heterocycles. The molecular weight excluding hydrogens is 441 g/mol. The SMILES string of the molecule is N#CC(C#N)=C(/C=C/c1ccc(N2CCSCC2)s1)c1c(F)c(F)c(F)c(F)c1F. The zero-order chi connectivity index (χ0) is 21.8. The van der Waals surface area contributed by atoms with Crippen LogP contribution >= 0.6 is 23.1 Å². The molecule has 3 rings (SSSR count). The summed E-state index contributed by atoms with van der Waals surface area (Å²) < 4.78 is 69.1. The molecule has 0 amide bonds. The normalized spacial score (nSPS) is 13.9. The van der Waals surface area contributed by atoms with E-state index in [4.69, 9.17) is 10.5 Å². The van der Waals surface area contributed by atoms with E-state index in [0.717, 1.165) is 35.7 Å². The number of halogens is 5. The third kappa shape index (κ3) is 4.20. The van der Waals surface area contributed by atoms with E-state index in [-0.39, 0.29) is 0 Å². The zero-order valence-electron chi connectivity index (χ0n) is 15.2. The second kappa shape index (κ2) is 9.33. The Morgan fingerprint density at radius 1 is 0.900 bits per heavy atom. The van der Waals surface area contributed by atoms with Crippen LogP contribution in [0.4, 0.5) is 27.0 Å². The van der Waals surface area contributed by atoms with E-state index in [1.807, 2.05) is 17.8 Å². The zero-order valence-corrected chi connectivity index (χ0v) is 16.8. The van der Waals surface area contributed by atoms with Gasteiger partial charge in [0.15, 0.2) is 23.3 Å². The molecule has 1 aliphatic heterocycles. The number of hydrogen-bond donors (Lipinski definition) is 0. The molecule has 30 heavy (non-hydrogen) atoms. The summed E-state index contributed by atoms with van der Waals surface area (Å²) >= 11 is 3.22. The standard InChI is InChI=1S/C20H12F5N3S2/c21-16-15(17(22)19(24)20(25)18(16)23)13(11(9-26)10-27)3-1-12-2-4-14(30-12)28-5-7-29-8-6-28/h1-4H,5-8H2/b3-1+. The third-order valence-electron chi connectivity index (χ3n) is 4.32. The maximum Gasteiger partial charge on any atom is 0.200 e. The van der Waals surface area contributed by atoms with Crippen molar-refractivity contribution in [2.75, 3.05) is 29.5 Å². The number of nitrogens with zero attached hydrogens (tertiary/aromatic N) is 3. The lowest BCUT2D eigenvalue weighted by atomic mass is 9.98. The van der Waals surface area contributed by atoms with E-state index in [1.54, 1.807) is 6.07 Å². The van der Waals surface area contributed by atoms with E-state index in [9.17, 15) is 22.0 Å². The van der Waals surface area contributed by atoms with Crippen LogP contribution in [-0.4, -0.2) is 24.6 Å². The molecule has 1 aliphatic rings. The minimum absolute atomic E-state index is 0.625. The van der Waals surface area contributed by atoms with Crippen LogP contribution in [0.25, 0.3) is 11.6 Å². The first-order valence-electron chi connectivity index (χ1n) is 8.56. The summed E-state index contributed by atoms with van der Waals surface area (Å²) in [5.41, 5.74) is -2.78. The molecule has 0 saturated carbocycles. The molecule has 0 radical (unpaired) electrons. The van der Waals surface area contributed by atoms with Crippen molar-refractivity contribution in [3.63, 3.8) is 0 Å². The number of benzene rings is 1. The van der Waals surface area contributed by atoms with Gasteiger partial charge in [0, 0.05) is 35.0 Å².